The first-order chi connectivity index (χ1) is 12.5. The molecule has 1 nitrogen and oxygen atoms in total. The fraction of sp³-hybridized carbons (Fsp3) is 0.105. The smallest absolute Gasteiger partial charge is 0.235 e. The Bertz CT molecular complexity index is 989. The molecule has 0 spiro atoms. The van der Waals surface area contributed by atoms with Gasteiger partial charge in [0, 0.05) is 10.9 Å². The minimum absolute atomic E-state index is 0.0852. The predicted octanol–water partition coefficient (Wildman–Crippen LogP) is 7.10. The van der Waals surface area contributed by atoms with Crippen molar-refractivity contribution in [1.29, 1.82) is 0 Å². The fourth-order valence-electron chi connectivity index (χ4n) is 2.49. The number of para-hydroxylation sites is 1. The molecular weight excluding hydrogens is 392 g/mol. The molecule has 0 atom stereocenters. The molecule has 0 aliphatic carbocycles. The Balaban J connectivity index is 2.05. The highest BCUT2D eigenvalue weighted by molar-refractivity contribution is 6.31. The highest BCUT2D eigenvalue weighted by Gasteiger charge is 2.36. The second-order valence-electron chi connectivity index (χ2n) is 5.73. The number of pyridine rings is 1. The Labute approximate surface area is 154 Å². The minimum atomic E-state index is -4.90. The highest BCUT2D eigenvalue weighted by atomic mass is 35.5. The summed E-state index contributed by atoms with van der Waals surface area (Å²) >= 11 is 6.05. The Morgan fingerprint density at radius 1 is 0.778 bits per heavy atom. The monoisotopic (exact) mass is 401 g/mol. The molecule has 8 heteroatoms. The van der Waals surface area contributed by atoms with Crippen LogP contribution in [-0.4, -0.2) is 4.98 Å². The van der Waals surface area contributed by atoms with Crippen molar-refractivity contribution in [2.45, 2.75) is 12.4 Å². The number of nitrogens with zero attached hydrogens (tertiary/aromatic N) is 1. The lowest BCUT2D eigenvalue weighted by molar-refractivity contribution is -0.143. The van der Waals surface area contributed by atoms with E-state index in [-0.39, 0.29) is 16.8 Å². The number of hydrogen-bond donors (Lipinski definition) is 0. The van der Waals surface area contributed by atoms with E-state index in [1.807, 2.05) is 0 Å². The molecule has 27 heavy (non-hydrogen) atoms. The van der Waals surface area contributed by atoms with Gasteiger partial charge in [-0.05, 0) is 35.9 Å². The average molecular weight is 402 g/mol. The zero-order chi connectivity index (χ0) is 19.8. The third-order valence-corrected chi connectivity index (χ3v) is 4.07. The van der Waals surface area contributed by atoms with Crippen LogP contribution >= 0.6 is 11.6 Å². The van der Waals surface area contributed by atoms with Gasteiger partial charge in [0.15, 0.2) is 0 Å². The average Bonchev–Trinajstić information content (AvgIpc) is 2.58. The van der Waals surface area contributed by atoms with Gasteiger partial charge in [-0.2, -0.15) is 26.3 Å². The second-order valence-corrected chi connectivity index (χ2v) is 6.09. The van der Waals surface area contributed by atoms with Gasteiger partial charge in [0.05, 0.1) is 16.6 Å². The van der Waals surface area contributed by atoms with Crippen LogP contribution in [-0.2, 0) is 12.4 Å². The van der Waals surface area contributed by atoms with Crippen molar-refractivity contribution >= 4 is 34.7 Å². The topological polar surface area (TPSA) is 12.9 Å². The normalized spacial score (nSPS) is 12.9. The first-order valence-electron chi connectivity index (χ1n) is 7.57. The Hall–Kier alpha value is -2.54. The van der Waals surface area contributed by atoms with Crippen molar-refractivity contribution in [2.75, 3.05) is 0 Å². The molecular formula is C19H10ClF6N. The molecule has 3 rings (SSSR count). The van der Waals surface area contributed by atoms with Crippen molar-refractivity contribution in [3.63, 3.8) is 0 Å². The van der Waals surface area contributed by atoms with Crippen molar-refractivity contribution in [1.82, 2.24) is 4.98 Å². The Morgan fingerprint density at radius 2 is 1.37 bits per heavy atom. The fourth-order valence-corrected chi connectivity index (χ4v) is 2.70. The first-order valence-corrected chi connectivity index (χ1v) is 7.95. The van der Waals surface area contributed by atoms with E-state index in [0.29, 0.717) is 23.2 Å². The van der Waals surface area contributed by atoms with E-state index in [1.54, 1.807) is 30.3 Å². The number of aromatic nitrogens is 1. The van der Waals surface area contributed by atoms with Gasteiger partial charge < -0.3 is 0 Å². The van der Waals surface area contributed by atoms with Crippen LogP contribution in [0.4, 0.5) is 26.3 Å². The number of halogens is 7. The molecule has 140 valence electrons. The molecule has 0 fully saturated rings. The Morgan fingerprint density at radius 3 is 1.96 bits per heavy atom. The molecule has 0 amide bonds. The molecule has 2 aromatic carbocycles. The number of rotatable bonds is 2. The first kappa shape index (κ1) is 19.2. The Kier molecular flexibility index (Phi) is 4.90. The lowest BCUT2D eigenvalue weighted by Crippen LogP contribution is -2.11. The maximum atomic E-state index is 12.9. The molecule has 0 aliphatic heterocycles. The maximum absolute atomic E-state index is 12.9. The second kappa shape index (κ2) is 6.88. The van der Waals surface area contributed by atoms with Gasteiger partial charge in [0.2, 0.25) is 0 Å². The number of alkyl halides is 6. The summed E-state index contributed by atoms with van der Waals surface area (Å²) in [6.45, 7) is 0. The predicted molar refractivity (Wildman–Crippen MR) is 92.1 cm³/mol. The summed E-state index contributed by atoms with van der Waals surface area (Å²) in [6.07, 6.45) is -7.32. The van der Waals surface area contributed by atoms with Crippen LogP contribution in [0.5, 0.6) is 0 Å². The summed E-state index contributed by atoms with van der Waals surface area (Å²) in [5.74, 6) is 0. The molecule has 0 saturated heterocycles. The van der Waals surface area contributed by atoms with Crippen molar-refractivity contribution in [3.8, 4) is 0 Å². The van der Waals surface area contributed by atoms with Gasteiger partial charge in [-0.25, -0.2) is 4.98 Å². The van der Waals surface area contributed by atoms with Crippen molar-refractivity contribution in [3.05, 3.63) is 75.9 Å². The number of fused-ring (bicyclic) bond motifs is 1. The summed E-state index contributed by atoms with van der Waals surface area (Å²) in [7, 11) is 0. The standard InChI is InChI=1S/C19H10ClF6N/c20-17-13(9-12-3-1-2-4-16(12)27-17)6-5-11-7-14(18(21,22)23)10-15(8-11)19(24,25)26/h1-10H/b6-5-. The third-order valence-electron chi connectivity index (χ3n) is 3.77. The summed E-state index contributed by atoms with van der Waals surface area (Å²) in [6, 6.07) is 10.1. The maximum Gasteiger partial charge on any atom is 0.416 e. The number of hydrogen-bond acceptors (Lipinski definition) is 1. The van der Waals surface area contributed by atoms with Crippen LogP contribution in [0, 0.1) is 0 Å². The van der Waals surface area contributed by atoms with Crippen LogP contribution in [0.1, 0.15) is 22.3 Å². The molecule has 0 aliphatic rings. The molecule has 0 N–H and O–H groups in total. The summed E-state index contributed by atoms with van der Waals surface area (Å²) in [5, 5.41) is 0.828. The lowest BCUT2D eigenvalue weighted by Gasteiger charge is -2.13. The lowest BCUT2D eigenvalue weighted by atomic mass is 10.0. The summed E-state index contributed by atoms with van der Waals surface area (Å²) in [5.41, 5.74) is -2.00. The molecule has 0 radical (unpaired) electrons. The molecule has 0 saturated carbocycles. The molecule has 0 unspecified atom stereocenters. The van der Waals surface area contributed by atoms with E-state index in [2.05, 4.69) is 4.98 Å². The van der Waals surface area contributed by atoms with Gasteiger partial charge in [0.1, 0.15) is 5.15 Å². The van der Waals surface area contributed by atoms with Crippen LogP contribution < -0.4 is 0 Å². The van der Waals surface area contributed by atoms with E-state index >= 15 is 0 Å². The van der Waals surface area contributed by atoms with E-state index in [4.69, 9.17) is 11.6 Å². The molecule has 3 aromatic rings. The van der Waals surface area contributed by atoms with E-state index in [0.717, 1.165) is 11.5 Å². The summed E-state index contributed by atoms with van der Waals surface area (Å²) in [4.78, 5) is 4.16. The van der Waals surface area contributed by atoms with E-state index < -0.39 is 23.5 Å². The molecule has 0 bridgehead atoms. The van der Waals surface area contributed by atoms with Gasteiger partial charge in [0.25, 0.3) is 0 Å². The SMILES string of the molecule is FC(F)(F)c1cc(/C=C\c2cc3ccccc3nc2Cl)cc(C(F)(F)F)c1. The van der Waals surface area contributed by atoms with Crippen LogP contribution in [0.3, 0.4) is 0 Å². The van der Waals surface area contributed by atoms with Gasteiger partial charge in [-0.3, -0.25) is 0 Å². The minimum Gasteiger partial charge on any atom is -0.235 e. The van der Waals surface area contributed by atoms with E-state index in [1.165, 1.54) is 6.08 Å². The van der Waals surface area contributed by atoms with Gasteiger partial charge in [-0.1, -0.05) is 42.0 Å². The molecule has 1 aromatic heterocycles. The quantitative estimate of drug-likeness (QED) is 0.330. The van der Waals surface area contributed by atoms with E-state index in [9.17, 15) is 26.3 Å². The van der Waals surface area contributed by atoms with Crippen molar-refractivity contribution in [2.24, 2.45) is 0 Å². The zero-order valence-electron chi connectivity index (χ0n) is 13.4. The highest BCUT2D eigenvalue weighted by Crippen LogP contribution is 2.36. The largest absolute Gasteiger partial charge is 0.416 e. The zero-order valence-corrected chi connectivity index (χ0v) is 14.1. The molecule has 1 heterocycles. The van der Waals surface area contributed by atoms with Gasteiger partial charge in [-0.15, -0.1) is 0 Å². The third kappa shape index (κ3) is 4.42. The van der Waals surface area contributed by atoms with Crippen LogP contribution in [0.2, 0.25) is 5.15 Å². The number of benzene rings is 2. The van der Waals surface area contributed by atoms with Crippen molar-refractivity contribution < 1.29 is 26.3 Å². The van der Waals surface area contributed by atoms with Crippen LogP contribution in [0.15, 0.2) is 48.5 Å². The summed E-state index contributed by atoms with van der Waals surface area (Å²) < 4.78 is 77.5. The van der Waals surface area contributed by atoms with Gasteiger partial charge >= 0.3 is 12.4 Å². The van der Waals surface area contributed by atoms with Crippen LogP contribution in [0.25, 0.3) is 23.1 Å².